The number of carbonyl (C=O) groups is 1. The number of hydrogen-bond acceptors (Lipinski definition) is 3. The van der Waals surface area contributed by atoms with E-state index in [0.717, 1.165) is 0 Å². The Morgan fingerprint density at radius 2 is 1.56 bits per heavy atom. The SMILES string of the molecule is O=C(c1ccccc1)c1c(-c2ccccc2)n([O-])c2cc(Cl)ccc2[n+]1=O. The van der Waals surface area contributed by atoms with Crippen molar-refractivity contribution in [3.8, 4) is 11.3 Å². The number of rotatable bonds is 3. The van der Waals surface area contributed by atoms with E-state index in [0.29, 0.717) is 25.3 Å². The molecule has 0 amide bonds. The van der Waals surface area contributed by atoms with Crippen molar-refractivity contribution in [1.29, 1.82) is 0 Å². The Hall–Kier alpha value is -3.44. The zero-order valence-electron chi connectivity index (χ0n) is 14.0. The molecule has 0 atom stereocenters. The van der Waals surface area contributed by atoms with Gasteiger partial charge in [-0.1, -0.05) is 72.3 Å². The van der Waals surface area contributed by atoms with Gasteiger partial charge in [0.1, 0.15) is 11.2 Å². The highest BCUT2D eigenvalue weighted by atomic mass is 35.5. The van der Waals surface area contributed by atoms with Gasteiger partial charge in [-0.3, -0.25) is 4.79 Å². The predicted molar refractivity (Wildman–Crippen MR) is 104 cm³/mol. The second-order valence-electron chi connectivity index (χ2n) is 5.98. The fraction of sp³-hybridized carbons (Fsp3) is 0. The number of halogens is 1. The van der Waals surface area contributed by atoms with Crippen LogP contribution in [0.15, 0.2) is 78.9 Å². The Morgan fingerprint density at radius 1 is 0.926 bits per heavy atom. The summed E-state index contributed by atoms with van der Waals surface area (Å²) < 4.78 is 1.11. The monoisotopic (exact) mass is 376 g/mol. The van der Waals surface area contributed by atoms with Gasteiger partial charge in [-0.25, -0.2) is 0 Å². The Labute approximate surface area is 159 Å². The summed E-state index contributed by atoms with van der Waals surface area (Å²) in [6, 6.07) is 21.4. The van der Waals surface area contributed by atoms with E-state index in [4.69, 9.17) is 11.6 Å². The normalized spacial score (nSPS) is 10.9. The fourth-order valence-electron chi connectivity index (χ4n) is 3.04. The summed E-state index contributed by atoms with van der Waals surface area (Å²) in [4.78, 5) is 26.2. The Bertz CT molecular complexity index is 1220. The second kappa shape index (κ2) is 6.70. The molecule has 27 heavy (non-hydrogen) atoms. The molecule has 0 N–H and O–H groups in total. The summed E-state index contributed by atoms with van der Waals surface area (Å²) in [7, 11) is 0. The van der Waals surface area contributed by atoms with Gasteiger partial charge in [-0.05, 0) is 12.1 Å². The van der Waals surface area contributed by atoms with E-state index in [1.807, 2.05) is 0 Å². The summed E-state index contributed by atoms with van der Waals surface area (Å²) >= 11 is 6.01. The molecule has 6 heteroatoms. The minimum atomic E-state index is -0.522. The minimum Gasteiger partial charge on any atom is -0.805 e. The lowest BCUT2D eigenvalue weighted by atomic mass is 10.0. The Balaban J connectivity index is 2.13. The molecule has 0 spiro atoms. The van der Waals surface area contributed by atoms with Crippen LogP contribution < -0.4 is 4.43 Å². The van der Waals surface area contributed by atoms with Crippen LogP contribution >= 0.6 is 11.6 Å². The lowest BCUT2D eigenvalue weighted by molar-refractivity contribution is -0.466. The summed E-state index contributed by atoms with van der Waals surface area (Å²) in [6.07, 6.45) is 0. The van der Waals surface area contributed by atoms with E-state index < -0.39 is 5.78 Å². The number of nitrogens with zero attached hydrogens (tertiary/aromatic N) is 2. The molecule has 3 aromatic carbocycles. The van der Waals surface area contributed by atoms with Gasteiger partial charge in [0, 0.05) is 27.1 Å². The molecule has 4 rings (SSSR count). The van der Waals surface area contributed by atoms with Crippen molar-refractivity contribution in [1.82, 2.24) is 4.73 Å². The van der Waals surface area contributed by atoms with E-state index in [-0.39, 0.29) is 22.4 Å². The fourth-order valence-corrected chi connectivity index (χ4v) is 3.21. The third-order valence-corrected chi connectivity index (χ3v) is 4.54. The van der Waals surface area contributed by atoms with E-state index in [1.54, 1.807) is 60.7 Å². The van der Waals surface area contributed by atoms with Crippen molar-refractivity contribution in [2.45, 2.75) is 0 Å². The molecular weight excluding hydrogens is 364 g/mol. The van der Waals surface area contributed by atoms with Crippen LogP contribution in [0.3, 0.4) is 0 Å². The molecule has 0 aliphatic heterocycles. The molecule has 1 aromatic heterocycles. The van der Waals surface area contributed by atoms with Crippen molar-refractivity contribution in [3.63, 3.8) is 0 Å². The van der Waals surface area contributed by atoms with E-state index in [9.17, 15) is 14.9 Å². The van der Waals surface area contributed by atoms with Gasteiger partial charge >= 0.3 is 5.69 Å². The van der Waals surface area contributed by atoms with Gasteiger partial charge in [0.15, 0.2) is 0 Å². The van der Waals surface area contributed by atoms with Crippen molar-refractivity contribution < 1.29 is 9.22 Å². The lowest BCUT2D eigenvalue weighted by Gasteiger charge is -2.19. The Kier molecular flexibility index (Phi) is 4.22. The van der Waals surface area contributed by atoms with Crippen LogP contribution in [-0.2, 0) is 0 Å². The van der Waals surface area contributed by atoms with Crippen molar-refractivity contribution in [2.24, 2.45) is 0 Å². The number of fused-ring (bicyclic) bond motifs is 1. The maximum atomic E-state index is 13.1. The van der Waals surface area contributed by atoms with Gasteiger partial charge in [0.05, 0.1) is 4.43 Å². The molecule has 0 saturated carbocycles. The van der Waals surface area contributed by atoms with Crippen LogP contribution in [0.25, 0.3) is 22.3 Å². The molecule has 0 fully saturated rings. The molecule has 132 valence electrons. The lowest BCUT2D eigenvalue weighted by Crippen LogP contribution is -2.30. The molecule has 0 aliphatic rings. The summed E-state index contributed by atoms with van der Waals surface area (Å²) in [5.74, 6) is -0.522. The van der Waals surface area contributed by atoms with Crippen molar-refractivity contribution in [2.75, 3.05) is 0 Å². The first-order valence-electron chi connectivity index (χ1n) is 8.21. The molecule has 4 aromatic rings. The van der Waals surface area contributed by atoms with Gasteiger partial charge in [0.25, 0.3) is 11.3 Å². The zero-order valence-corrected chi connectivity index (χ0v) is 14.8. The standard InChI is InChI=1S/C21H13ClN2O3/c22-16-11-12-17-18(13-16)24(27)19(14-7-3-1-4-8-14)20(23(17)26)21(25)15-9-5-2-6-10-15/h1-13H. The highest BCUT2D eigenvalue weighted by Gasteiger charge is 2.30. The number of ketones is 1. The number of hydrogen-bond donors (Lipinski definition) is 0. The maximum absolute atomic E-state index is 13.1. The predicted octanol–water partition coefficient (Wildman–Crippen LogP) is 4.45. The van der Waals surface area contributed by atoms with Crippen LogP contribution in [0.5, 0.6) is 0 Å². The Morgan fingerprint density at radius 3 is 2.22 bits per heavy atom. The molecule has 0 aliphatic carbocycles. The number of aromatic nitrogens is 2. The first kappa shape index (κ1) is 17.0. The molecule has 5 nitrogen and oxygen atoms in total. The van der Waals surface area contributed by atoms with Gasteiger partial charge < -0.3 is 9.94 Å². The molecule has 0 radical (unpaired) electrons. The topological polar surface area (TPSA) is 68.0 Å². The average molecular weight is 377 g/mol. The van der Waals surface area contributed by atoms with Crippen LogP contribution in [0, 0.1) is 10.1 Å². The number of benzene rings is 3. The van der Waals surface area contributed by atoms with Gasteiger partial charge in [0.2, 0.25) is 0 Å². The highest BCUT2D eigenvalue weighted by Crippen LogP contribution is 2.27. The second-order valence-corrected chi connectivity index (χ2v) is 6.42. The minimum absolute atomic E-state index is 0.00535. The van der Waals surface area contributed by atoms with Crippen LogP contribution in [0.4, 0.5) is 0 Å². The van der Waals surface area contributed by atoms with Gasteiger partial charge in [-0.2, -0.15) is 0 Å². The third kappa shape index (κ3) is 2.88. The summed E-state index contributed by atoms with van der Waals surface area (Å²) in [5, 5.41) is 13.5. The average Bonchev–Trinajstić information content (AvgIpc) is 2.71. The molecular formula is C21H13ClN2O3. The number of carbonyl (C=O) groups excluding carboxylic acids is 1. The van der Waals surface area contributed by atoms with E-state index in [1.165, 1.54) is 18.2 Å². The van der Waals surface area contributed by atoms with E-state index >= 15 is 0 Å². The van der Waals surface area contributed by atoms with Crippen LogP contribution in [-0.4, -0.2) is 10.5 Å². The largest absolute Gasteiger partial charge is 0.805 e. The first-order chi connectivity index (χ1) is 13.1. The highest BCUT2D eigenvalue weighted by molar-refractivity contribution is 6.31. The summed E-state index contributed by atoms with van der Waals surface area (Å²) in [6.45, 7) is 0. The molecule has 0 saturated heterocycles. The third-order valence-electron chi connectivity index (χ3n) is 4.30. The smallest absolute Gasteiger partial charge is 0.334 e. The van der Waals surface area contributed by atoms with Crippen LogP contribution in [0.2, 0.25) is 5.02 Å². The van der Waals surface area contributed by atoms with Crippen molar-refractivity contribution in [3.05, 3.63) is 105 Å². The molecule has 0 unspecified atom stereocenters. The quantitative estimate of drug-likeness (QED) is 0.391. The first-order valence-corrected chi connectivity index (χ1v) is 8.59. The van der Waals surface area contributed by atoms with E-state index in [2.05, 4.69) is 0 Å². The molecule has 0 bridgehead atoms. The van der Waals surface area contributed by atoms with Gasteiger partial charge in [-0.15, -0.1) is 0 Å². The summed E-state index contributed by atoms with van der Waals surface area (Å²) in [5.41, 5.74) is 0.742. The van der Waals surface area contributed by atoms with Crippen molar-refractivity contribution >= 4 is 28.4 Å². The molecule has 1 heterocycles. The zero-order chi connectivity index (χ0) is 19.0. The van der Waals surface area contributed by atoms with Crippen LogP contribution in [0.1, 0.15) is 16.1 Å². The maximum Gasteiger partial charge on any atom is 0.334 e.